The molecular formula is C15H19N3O3. The van der Waals surface area contributed by atoms with Crippen molar-refractivity contribution in [2.24, 2.45) is 0 Å². The Morgan fingerprint density at radius 3 is 3.05 bits per heavy atom. The van der Waals surface area contributed by atoms with E-state index in [9.17, 15) is 10.1 Å². The van der Waals surface area contributed by atoms with E-state index in [1.54, 1.807) is 12.1 Å². The lowest BCUT2D eigenvalue weighted by Crippen LogP contribution is -2.43. The molecule has 21 heavy (non-hydrogen) atoms. The van der Waals surface area contributed by atoms with Crippen LogP contribution < -0.4 is 0 Å². The zero-order valence-corrected chi connectivity index (χ0v) is 12.1. The molecular weight excluding hydrogens is 270 g/mol. The summed E-state index contributed by atoms with van der Waals surface area (Å²) in [5.41, 5.74) is 1.14. The van der Waals surface area contributed by atoms with E-state index in [4.69, 9.17) is 4.74 Å². The van der Waals surface area contributed by atoms with Crippen LogP contribution in [0.25, 0.3) is 10.9 Å². The molecule has 1 aliphatic heterocycles. The predicted molar refractivity (Wildman–Crippen MR) is 80.4 cm³/mol. The molecule has 6 heteroatoms. The maximum absolute atomic E-state index is 10.8. The number of rotatable bonds is 4. The molecule has 0 amide bonds. The summed E-state index contributed by atoms with van der Waals surface area (Å²) in [4.78, 5) is 12.8. The molecule has 0 radical (unpaired) electrons. The van der Waals surface area contributed by atoms with Gasteiger partial charge in [0.25, 0.3) is 5.69 Å². The molecule has 0 bridgehead atoms. The number of nitro groups is 1. The van der Waals surface area contributed by atoms with Gasteiger partial charge in [0.2, 0.25) is 0 Å². The number of aromatic nitrogens is 1. The lowest BCUT2D eigenvalue weighted by Gasteiger charge is -2.32. The first-order valence-electron chi connectivity index (χ1n) is 7.24. The molecule has 1 atom stereocenters. The number of nitro benzene ring substituents is 1. The number of nitrogens with zero attached hydrogens (tertiary/aromatic N) is 3. The second-order valence-corrected chi connectivity index (χ2v) is 5.35. The fourth-order valence-corrected chi connectivity index (χ4v) is 2.86. The first kappa shape index (κ1) is 14.0. The minimum absolute atomic E-state index is 0.131. The van der Waals surface area contributed by atoms with Crippen molar-refractivity contribution in [3.8, 4) is 0 Å². The average Bonchev–Trinajstić information content (AvgIpc) is 2.90. The molecule has 0 spiro atoms. The third kappa shape index (κ3) is 2.91. The van der Waals surface area contributed by atoms with Crippen LogP contribution in [0.15, 0.2) is 30.5 Å². The zero-order chi connectivity index (χ0) is 14.8. The summed E-state index contributed by atoms with van der Waals surface area (Å²) in [6.45, 7) is 6.67. The summed E-state index contributed by atoms with van der Waals surface area (Å²) in [5.74, 6) is 0. The van der Waals surface area contributed by atoms with Crippen LogP contribution in [0, 0.1) is 10.1 Å². The number of benzene rings is 1. The fourth-order valence-electron chi connectivity index (χ4n) is 2.86. The molecule has 1 aromatic heterocycles. The summed E-state index contributed by atoms with van der Waals surface area (Å²) in [5, 5.41) is 11.7. The molecule has 1 saturated heterocycles. The van der Waals surface area contributed by atoms with Crippen molar-refractivity contribution in [1.82, 2.24) is 9.47 Å². The molecule has 2 aromatic rings. The van der Waals surface area contributed by atoms with Crippen molar-refractivity contribution in [2.45, 2.75) is 19.6 Å². The lowest BCUT2D eigenvalue weighted by atomic mass is 10.2. The molecule has 0 N–H and O–H groups in total. The Morgan fingerprint density at radius 1 is 1.43 bits per heavy atom. The zero-order valence-electron chi connectivity index (χ0n) is 12.1. The molecule has 1 aliphatic rings. The van der Waals surface area contributed by atoms with Crippen LogP contribution in [0.2, 0.25) is 0 Å². The standard InChI is InChI=1S/C15H19N3O3/c1-2-16-7-8-21-14(10-16)11-17-6-5-12-9-13(18(19)20)3-4-15(12)17/h3-6,9,14H,2,7-8,10-11H2,1H3. The van der Waals surface area contributed by atoms with E-state index in [1.807, 2.05) is 18.3 Å². The van der Waals surface area contributed by atoms with Crippen molar-refractivity contribution < 1.29 is 9.66 Å². The molecule has 3 rings (SSSR count). The van der Waals surface area contributed by atoms with Gasteiger partial charge in [0.1, 0.15) is 0 Å². The van der Waals surface area contributed by atoms with Crippen LogP contribution in [0.1, 0.15) is 6.92 Å². The smallest absolute Gasteiger partial charge is 0.270 e. The van der Waals surface area contributed by atoms with Gasteiger partial charge < -0.3 is 9.30 Å². The Bertz CT molecular complexity index is 653. The monoisotopic (exact) mass is 289 g/mol. The van der Waals surface area contributed by atoms with Crippen molar-refractivity contribution in [1.29, 1.82) is 0 Å². The van der Waals surface area contributed by atoms with Crippen LogP contribution >= 0.6 is 0 Å². The van der Waals surface area contributed by atoms with Crippen molar-refractivity contribution in [2.75, 3.05) is 26.2 Å². The summed E-state index contributed by atoms with van der Waals surface area (Å²) >= 11 is 0. The van der Waals surface area contributed by atoms with Gasteiger partial charge in [-0.1, -0.05) is 6.92 Å². The van der Waals surface area contributed by atoms with Gasteiger partial charge in [0.15, 0.2) is 0 Å². The quantitative estimate of drug-likeness (QED) is 0.640. The Labute approximate surface area is 123 Å². The van der Waals surface area contributed by atoms with E-state index in [1.165, 1.54) is 0 Å². The van der Waals surface area contributed by atoms with Gasteiger partial charge in [-0.3, -0.25) is 15.0 Å². The van der Waals surface area contributed by atoms with Crippen LogP contribution in [0.4, 0.5) is 5.69 Å². The SMILES string of the molecule is CCN1CCOC(Cn2ccc3cc([N+](=O)[O-])ccc32)C1. The number of hydrogen-bond acceptors (Lipinski definition) is 4. The summed E-state index contributed by atoms with van der Waals surface area (Å²) in [7, 11) is 0. The predicted octanol–water partition coefficient (Wildman–Crippen LogP) is 2.27. The molecule has 0 saturated carbocycles. The van der Waals surface area contributed by atoms with Crippen molar-refractivity contribution in [3.63, 3.8) is 0 Å². The highest BCUT2D eigenvalue weighted by molar-refractivity contribution is 5.82. The fraction of sp³-hybridized carbons (Fsp3) is 0.467. The molecule has 6 nitrogen and oxygen atoms in total. The second kappa shape index (κ2) is 5.83. The maximum Gasteiger partial charge on any atom is 0.270 e. The minimum Gasteiger partial charge on any atom is -0.374 e. The highest BCUT2D eigenvalue weighted by Crippen LogP contribution is 2.22. The van der Waals surface area contributed by atoms with E-state index in [2.05, 4.69) is 16.4 Å². The van der Waals surface area contributed by atoms with Gasteiger partial charge in [-0.05, 0) is 18.7 Å². The minimum atomic E-state index is -0.361. The number of fused-ring (bicyclic) bond motifs is 1. The van der Waals surface area contributed by atoms with E-state index >= 15 is 0 Å². The highest BCUT2D eigenvalue weighted by atomic mass is 16.6. The third-order valence-corrected chi connectivity index (χ3v) is 4.04. The Hall–Kier alpha value is -1.92. The topological polar surface area (TPSA) is 60.5 Å². The normalized spacial score (nSPS) is 20.0. The first-order chi connectivity index (χ1) is 10.2. The molecule has 1 unspecified atom stereocenters. The van der Waals surface area contributed by atoms with Gasteiger partial charge in [0, 0.05) is 42.3 Å². The molecule has 2 heterocycles. The Balaban J connectivity index is 1.79. The average molecular weight is 289 g/mol. The second-order valence-electron chi connectivity index (χ2n) is 5.35. The number of non-ortho nitro benzene ring substituents is 1. The van der Waals surface area contributed by atoms with Crippen LogP contribution in [-0.4, -0.2) is 46.7 Å². The van der Waals surface area contributed by atoms with Gasteiger partial charge in [-0.2, -0.15) is 0 Å². The lowest BCUT2D eigenvalue weighted by molar-refractivity contribution is -0.384. The van der Waals surface area contributed by atoms with Crippen LogP contribution in [0.3, 0.4) is 0 Å². The summed E-state index contributed by atoms with van der Waals surface area (Å²) in [6, 6.07) is 6.90. The number of likely N-dealkylation sites (N-methyl/N-ethyl adjacent to an activating group) is 1. The number of morpholine rings is 1. The highest BCUT2D eigenvalue weighted by Gasteiger charge is 2.20. The Morgan fingerprint density at radius 2 is 2.29 bits per heavy atom. The largest absolute Gasteiger partial charge is 0.374 e. The van der Waals surface area contributed by atoms with E-state index in [0.29, 0.717) is 0 Å². The number of ether oxygens (including phenoxy) is 1. The van der Waals surface area contributed by atoms with Crippen LogP contribution in [0.5, 0.6) is 0 Å². The molecule has 1 fully saturated rings. The molecule has 0 aliphatic carbocycles. The van der Waals surface area contributed by atoms with Crippen molar-refractivity contribution >= 4 is 16.6 Å². The van der Waals surface area contributed by atoms with Crippen molar-refractivity contribution in [3.05, 3.63) is 40.6 Å². The summed E-state index contributed by atoms with van der Waals surface area (Å²) in [6.07, 6.45) is 2.15. The molecule has 1 aromatic carbocycles. The van der Waals surface area contributed by atoms with E-state index < -0.39 is 0 Å². The third-order valence-electron chi connectivity index (χ3n) is 4.04. The Kier molecular flexibility index (Phi) is 3.90. The van der Waals surface area contributed by atoms with Crippen LogP contribution in [-0.2, 0) is 11.3 Å². The van der Waals surface area contributed by atoms with Gasteiger partial charge in [0.05, 0.1) is 24.2 Å². The number of hydrogen-bond donors (Lipinski definition) is 0. The summed E-state index contributed by atoms with van der Waals surface area (Å²) < 4.78 is 7.94. The first-order valence-corrected chi connectivity index (χ1v) is 7.24. The van der Waals surface area contributed by atoms with E-state index in [0.717, 1.165) is 43.7 Å². The van der Waals surface area contributed by atoms with Gasteiger partial charge in [-0.15, -0.1) is 0 Å². The van der Waals surface area contributed by atoms with Gasteiger partial charge in [-0.25, -0.2) is 0 Å². The van der Waals surface area contributed by atoms with Gasteiger partial charge >= 0.3 is 0 Å². The molecule has 112 valence electrons. The maximum atomic E-state index is 10.8. The van der Waals surface area contributed by atoms with E-state index in [-0.39, 0.29) is 16.7 Å².